The molecule has 0 aromatic carbocycles. The van der Waals surface area contributed by atoms with Crippen LogP contribution in [0.2, 0.25) is 0 Å². The van der Waals surface area contributed by atoms with E-state index in [1.165, 1.54) is 6.20 Å². The van der Waals surface area contributed by atoms with Gasteiger partial charge >= 0.3 is 5.97 Å². The first kappa shape index (κ1) is 14.1. The van der Waals surface area contributed by atoms with E-state index in [2.05, 4.69) is 4.98 Å². The standard InChI is InChI=1S/C9H14N2O4S2/c1-3-11(5-4-8(12)13)17(14,15)9-6-10-7(2)16-9/h6H,3-5H2,1-2H3,(H,12,13). The van der Waals surface area contributed by atoms with E-state index in [0.717, 1.165) is 15.6 Å². The van der Waals surface area contributed by atoms with Gasteiger partial charge in [-0.2, -0.15) is 4.31 Å². The first-order chi connectivity index (χ1) is 7.87. The minimum Gasteiger partial charge on any atom is -0.481 e. The molecule has 1 rings (SSSR count). The van der Waals surface area contributed by atoms with Crippen LogP contribution >= 0.6 is 11.3 Å². The number of hydrogen-bond acceptors (Lipinski definition) is 5. The molecule has 0 saturated heterocycles. The molecule has 0 unspecified atom stereocenters. The Morgan fingerprint density at radius 2 is 2.24 bits per heavy atom. The lowest BCUT2D eigenvalue weighted by Gasteiger charge is -2.17. The number of rotatable bonds is 6. The average molecular weight is 278 g/mol. The van der Waals surface area contributed by atoms with E-state index in [4.69, 9.17) is 5.11 Å². The van der Waals surface area contributed by atoms with Crippen LogP contribution in [-0.2, 0) is 14.8 Å². The topological polar surface area (TPSA) is 87.6 Å². The normalized spacial score (nSPS) is 11.9. The van der Waals surface area contributed by atoms with Crippen LogP contribution in [0.1, 0.15) is 18.4 Å². The fourth-order valence-electron chi connectivity index (χ4n) is 1.26. The molecule has 0 aliphatic carbocycles. The molecule has 1 aromatic rings. The van der Waals surface area contributed by atoms with Gasteiger partial charge in [0.2, 0.25) is 0 Å². The highest BCUT2D eigenvalue weighted by atomic mass is 32.2. The van der Waals surface area contributed by atoms with Crippen molar-refractivity contribution in [1.82, 2.24) is 9.29 Å². The third kappa shape index (κ3) is 3.48. The summed E-state index contributed by atoms with van der Waals surface area (Å²) < 4.78 is 25.5. The van der Waals surface area contributed by atoms with E-state index in [9.17, 15) is 13.2 Å². The van der Waals surface area contributed by atoms with Gasteiger partial charge in [0.15, 0.2) is 4.21 Å². The SMILES string of the molecule is CCN(CCC(=O)O)S(=O)(=O)c1cnc(C)s1. The number of nitrogens with zero attached hydrogens (tertiary/aromatic N) is 2. The van der Waals surface area contributed by atoms with E-state index < -0.39 is 16.0 Å². The molecule has 0 fully saturated rings. The van der Waals surface area contributed by atoms with Gasteiger partial charge in [-0.05, 0) is 6.92 Å². The molecule has 0 saturated carbocycles. The molecule has 8 heteroatoms. The van der Waals surface area contributed by atoms with Crippen molar-refractivity contribution in [2.24, 2.45) is 0 Å². The maximum absolute atomic E-state index is 12.1. The molecule has 0 aliphatic rings. The summed E-state index contributed by atoms with van der Waals surface area (Å²) in [5, 5.41) is 9.23. The molecular weight excluding hydrogens is 264 g/mol. The lowest BCUT2D eigenvalue weighted by atomic mass is 10.4. The molecule has 1 N–H and O–H groups in total. The summed E-state index contributed by atoms with van der Waals surface area (Å²) in [6, 6.07) is 0. The molecule has 0 spiro atoms. The zero-order chi connectivity index (χ0) is 13.1. The fraction of sp³-hybridized carbons (Fsp3) is 0.556. The molecule has 0 bridgehead atoms. The van der Waals surface area contributed by atoms with Gasteiger partial charge in [-0.1, -0.05) is 6.92 Å². The molecule has 1 heterocycles. The van der Waals surface area contributed by atoms with Crippen molar-refractivity contribution in [3.63, 3.8) is 0 Å². The number of aromatic nitrogens is 1. The molecule has 0 amide bonds. The summed E-state index contributed by atoms with van der Waals surface area (Å²) in [4.78, 5) is 14.3. The van der Waals surface area contributed by atoms with Crippen LogP contribution in [0.25, 0.3) is 0 Å². The number of hydrogen-bond donors (Lipinski definition) is 1. The second-order valence-electron chi connectivity index (χ2n) is 3.34. The summed E-state index contributed by atoms with van der Waals surface area (Å²) in [7, 11) is -3.60. The van der Waals surface area contributed by atoms with Crippen LogP contribution in [-0.4, -0.2) is 41.9 Å². The fourth-order valence-corrected chi connectivity index (χ4v) is 3.97. The Hall–Kier alpha value is -0.990. The van der Waals surface area contributed by atoms with Crippen molar-refractivity contribution in [3.8, 4) is 0 Å². The highest BCUT2D eigenvalue weighted by Crippen LogP contribution is 2.22. The first-order valence-electron chi connectivity index (χ1n) is 5.02. The number of carbonyl (C=O) groups is 1. The van der Waals surface area contributed by atoms with Crippen LogP contribution in [0.15, 0.2) is 10.4 Å². The quantitative estimate of drug-likeness (QED) is 0.836. The number of carboxylic acids is 1. The second kappa shape index (κ2) is 5.56. The Balaban J connectivity index is 2.90. The lowest BCUT2D eigenvalue weighted by Crippen LogP contribution is -2.32. The van der Waals surface area contributed by atoms with Crippen molar-refractivity contribution in [1.29, 1.82) is 0 Å². The monoisotopic (exact) mass is 278 g/mol. The maximum Gasteiger partial charge on any atom is 0.304 e. The Morgan fingerprint density at radius 3 is 2.65 bits per heavy atom. The predicted molar refractivity (Wildman–Crippen MR) is 63.5 cm³/mol. The van der Waals surface area contributed by atoms with Gasteiger partial charge in [0.25, 0.3) is 10.0 Å². The summed E-state index contributed by atoms with van der Waals surface area (Å²) >= 11 is 1.08. The maximum atomic E-state index is 12.1. The average Bonchev–Trinajstić information content (AvgIpc) is 2.65. The van der Waals surface area contributed by atoms with E-state index >= 15 is 0 Å². The van der Waals surface area contributed by atoms with Crippen LogP contribution in [0, 0.1) is 6.92 Å². The van der Waals surface area contributed by atoms with E-state index in [0.29, 0.717) is 5.01 Å². The molecule has 0 radical (unpaired) electrons. The Morgan fingerprint density at radius 1 is 1.59 bits per heavy atom. The number of aryl methyl sites for hydroxylation is 1. The highest BCUT2D eigenvalue weighted by molar-refractivity contribution is 7.91. The predicted octanol–water partition coefficient (Wildman–Crippen LogP) is 0.937. The van der Waals surface area contributed by atoms with Crippen molar-refractivity contribution < 1.29 is 18.3 Å². The number of aliphatic carboxylic acids is 1. The number of carboxylic acid groups (broad SMARTS) is 1. The van der Waals surface area contributed by atoms with Crippen LogP contribution in [0.3, 0.4) is 0 Å². The number of thiazole rings is 1. The summed E-state index contributed by atoms with van der Waals surface area (Å²) in [5.41, 5.74) is 0. The van der Waals surface area contributed by atoms with E-state index in [1.807, 2.05) is 0 Å². The molecule has 1 aromatic heterocycles. The minimum atomic E-state index is -3.60. The van der Waals surface area contributed by atoms with Gasteiger partial charge in [0.1, 0.15) is 0 Å². The molecule has 17 heavy (non-hydrogen) atoms. The molecule has 0 atom stereocenters. The summed E-state index contributed by atoms with van der Waals surface area (Å²) in [6.45, 7) is 3.61. The largest absolute Gasteiger partial charge is 0.481 e. The van der Waals surface area contributed by atoms with Gasteiger partial charge < -0.3 is 5.11 Å². The molecule has 96 valence electrons. The van der Waals surface area contributed by atoms with Gasteiger partial charge in [-0.3, -0.25) is 4.79 Å². The highest BCUT2D eigenvalue weighted by Gasteiger charge is 2.25. The van der Waals surface area contributed by atoms with Gasteiger partial charge in [-0.25, -0.2) is 13.4 Å². The Bertz CT molecular complexity index is 495. The second-order valence-corrected chi connectivity index (χ2v) is 6.74. The smallest absolute Gasteiger partial charge is 0.304 e. The third-order valence-corrected chi connectivity index (χ3v) is 5.45. The van der Waals surface area contributed by atoms with E-state index in [1.54, 1.807) is 13.8 Å². The Labute approximate surface area is 104 Å². The number of sulfonamides is 1. The minimum absolute atomic E-state index is 0.0227. The zero-order valence-electron chi connectivity index (χ0n) is 9.58. The third-order valence-electron chi connectivity index (χ3n) is 2.12. The van der Waals surface area contributed by atoms with Crippen molar-refractivity contribution in [3.05, 3.63) is 11.2 Å². The van der Waals surface area contributed by atoms with Crippen molar-refractivity contribution in [2.45, 2.75) is 24.5 Å². The lowest BCUT2D eigenvalue weighted by molar-refractivity contribution is -0.137. The van der Waals surface area contributed by atoms with E-state index in [-0.39, 0.29) is 23.7 Å². The van der Waals surface area contributed by atoms with Gasteiger partial charge in [0.05, 0.1) is 17.6 Å². The van der Waals surface area contributed by atoms with Crippen LogP contribution in [0.5, 0.6) is 0 Å². The first-order valence-corrected chi connectivity index (χ1v) is 7.28. The molecule has 0 aliphatic heterocycles. The zero-order valence-corrected chi connectivity index (χ0v) is 11.2. The Kier molecular flexibility index (Phi) is 4.61. The van der Waals surface area contributed by atoms with Crippen molar-refractivity contribution >= 4 is 27.3 Å². The summed E-state index contributed by atoms with van der Waals surface area (Å²) in [5.74, 6) is -1.01. The van der Waals surface area contributed by atoms with Gasteiger partial charge in [0, 0.05) is 13.1 Å². The van der Waals surface area contributed by atoms with Crippen LogP contribution < -0.4 is 0 Å². The van der Waals surface area contributed by atoms with Crippen molar-refractivity contribution in [2.75, 3.05) is 13.1 Å². The molecular formula is C9H14N2O4S2. The van der Waals surface area contributed by atoms with Crippen LogP contribution in [0.4, 0.5) is 0 Å². The molecule has 6 nitrogen and oxygen atoms in total. The van der Waals surface area contributed by atoms with Gasteiger partial charge in [-0.15, -0.1) is 11.3 Å². The summed E-state index contributed by atoms with van der Waals surface area (Å²) in [6.07, 6.45) is 1.10.